The molecule has 2 aromatic rings. The summed E-state index contributed by atoms with van der Waals surface area (Å²) in [4.78, 5) is 0. The summed E-state index contributed by atoms with van der Waals surface area (Å²) in [5.74, 6) is 0.309. The number of hydrogen-bond donors (Lipinski definition) is 0. The molecule has 0 spiro atoms. The Morgan fingerprint density at radius 3 is 2.00 bits per heavy atom. The fourth-order valence-corrected chi connectivity index (χ4v) is 2.48. The summed E-state index contributed by atoms with van der Waals surface area (Å²) < 4.78 is 0. The Hall–Kier alpha value is -2.05. The van der Waals surface area contributed by atoms with Crippen LogP contribution in [-0.4, -0.2) is 0 Å². The van der Waals surface area contributed by atoms with E-state index in [4.69, 9.17) is 11.6 Å². The summed E-state index contributed by atoms with van der Waals surface area (Å²) >= 11 is 6.36. The van der Waals surface area contributed by atoms with Crippen molar-refractivity contribution in [3.05, 3.63) is 102 Å². The number of allylic oxidation sites excluding steroid dienone is 4. The molecule has 2 rings (SSSR count). The molecule has 0 aliphatic rings. The average Bonchev–Trinajstić information content (AvgIpc) is 2.58. The van der Waals surface area contributed by atoms with Crippen LogP contribution >= 0.6 is 11.6 Å². The molecular formula is C21H23Cl. The van der Waals surface area contributed by atoms with Crippen molar-refractivity contribution in [3.8, 4) is 0 Å². The molecule has 2 aromatic carbocycles. The van der Waals surface area contributed by atoms with Gasteiger partial charge in [-0.05, 0) is 29.7 Å². The zero-order valence-corrected chi connectivity index (χ0v) is 14.1. The summed E-state index contributed by atoms with van der Waals surface area (Å²) in [6.07, 6.45) is 4.11. The van der Waals surface area contributed by atoms with Gasteiger partial charge in [0.15, 0.2) is 0 Å². The number of benzene rings is 2. The largest absolute Gasteiger partial charge is 0.106 e. The van der Waals surface area contributed by atoms with Gasteiger partial charge in [-0.1, -0.05) is 85.3 Å². The SMILES string of the molecule is C/C(=C\C(Cl)=C/C(C)c1ccccc1)c1ccccc1.C=C. The number of hydrogen-bond acceptors (Lipinski definition) is 0. The highest BCUT2D eigenvalue weighted by molar-refractivity contribution is 6.31. The lowest BCUT2D eigenvalue weighted by Gasteiger charge is -2.07. The van der Waals surface area contributed by atoms with Crippen LogP contribution in [0.25, 0.3) is 5.57 Å². The molecule has 0 amide bonds. The van der Waals surface area contributed by atoms with Gasteiger partial charge in [-0.15, -0.1) is 13.2 Å². The summed E-state index contributed by atoms with van der Waals surface area (Å²) in [5, 5.41) is 0.780. The van der Waals surface area contributed by atoms with Gasteiger partial charge in [0.1, 0.15) is 0 Å². The Balaban J connectivity index is 0.00000116. The molecule has 0 heterocycles. The van der Waals surface area contributed by atoms with E-state index in [1.54, 1.807) is 0 Å². The van der Waals surface area contributed by atoms with Gasteiger partial charge in [0.2, 0.25) is 0 Å². The highest BCUT2D eigenvalue weighted by Crippen LogP contribution is 2.22. The molecule has 114 valence electrons. The Morgan fingerprint density at radius 1 is 0.955 bits per heavy atom. The minimum Gasteiger partial charge on any atom is -0.106 e. The van der Waals surface area contributed by atoms with E-state index in [1.165, 1.54) is 16.7 Å². The third-order valence-corrected chi connectivity index (χ3v) is 3.55. The molecule has 0 radical (unpaired) electrons. The highest BCUT2D eigenvalue weighted by atomic mass is 35.5. The first-order chi connectivity index (χ1) is 10.7. The van der Waals surface area contributed by atoms with Crippen LogP contribution in [0.5, 0.6) is 0 Å². The second kappa shape index (κ2) is 9.81. The van der Waals surface area contributed by atoms with Crippen LogP contribution in [0.3, 0.4) is 0 Å². The average molecular weight is 311 g/mol. The molecule has 0 N–H and O–H groups in total. The minimum atomic E-state index is 0.309. The number of rotatable bonds is 4. The first kappa shape index (κ1) is 18.0. The summed E-state index contributed by atoms with van der Waals surface area (Å²) in [6.45, 7) is 10.2. The van der Waals surface area contributed by atoms with Gasteiger partial charge in [-0.25, -0.2) is 0 Å². The van der Waals surface area contributed by atoms with Crippen LogP contribution in [0.2, 0.25) is 0 Å². The summed E-state index contributed by atoms with van der Waals surface area (Å²) in [7, 11) is 0. The lowest BCUT2D eigenvalue weighted by Crippen LogP contribution is -1.89. The van der Waals surface area contributed by atoms with Crippen molar-refractivity contribution < 1.29 is 0 Å². The second-order valence-electron chi connectivity index (χ2n) is 4.94. The molecule has 1 unspecified atom stereocenters. The van der Waals surface area contributed by atoms with Gasteiger partial charge in [0.25, 0.3) is 0 Å². The van der Waals surface area contributed by atoms with Gasteiger partial charge in [-0.3, -0.25) is 0 Å². The maximum Gasteiger partial charge on any atom is 0.0375 e. The molecule has 0 aromatic heterocycles. The molecule has 0 bridgehead atoms. The highest BCUT2D eigenvalue weighted by Gasteiger charge is 2.02. The van der Waals surface area contributed by atoms with Crippen LogP contribution in [0.4, 0.5) is 0 Å². The van der Waals surface area contributed by atoms with Crippen molar-refractivity contribution in [2.24, 2.45) is 0 Å². The van der Waals surface area contributed by atoms with E-state index in [0.29, 0.717) is 5.92 Å². The zero-order valence-electron chi connectivity index (χ0n) is 13.3. The zero-order chi connectivity index (χ0) is 16.4. The fourth-order valence-electron chi connectivity index (χ4n) is 2.13. The third kappa shape index (κ3) is 5.75. The van der Waals surface area contributed by atoms with Gasteiger partial charge < -0.3 is 0 Å². The van der Waals surface area contributed by atoms with Gasteiger partial charge in [0, 0.05) is 11.0 Å². The Kier molecular flexibility index (Phi) is 8.03. The van der Waals surface area contributed by atoms with Crippen molar-refractivity contribution in [1.82, 2.24) is 0 Å². The predicted molar refractivity (Wildman–Crippen MR) is 100 cm³/mol. The first-order valence-electron chi connectivity index (χ1n) is 7.33. The van der Waals surface area contributed by atoms with E-state index in [-0.39, 0.29) is 0 Å². The molecule has 0 fully saturated rings. The Morgan fingerprint density at radius 2 is 1.45 bits per heavy atom. The van der Waals surface area contributed by atoms with E-state index in [1.807, 2.05) is 30.3 Å². The third-order valence-electron chi connectivity index (χ3n) is 3.32. The van der Waals surface area contributed by atoms with Crippen LogP contribution in [-0.2, 0) is 0 Å². The number of halogens is 1. The van der Waals surface area contributed by atoms with Crippen LogP contribution in [0.1, 0.15) is 30.9 Å². The van der Waals surface area contributed by atoms with E-state index >= 15 is 0 Å². The molecule has 0 aliphatic carbocycles. The van der Waals surface area contributed by atoms with Gasteiger partial charge in [0.05, 0.1) is 0 Å². The predicted octanol–water partition coefficient (Wildman–Crippen LogP) is 6.82. The van der Waals surface area contributed by atoms with Crippen molar-refractivity contribution in [1.29, 1.82) is 0 Å². The lowest BCUT2D eigenvalue weighted by molar-refractivity contribution is 0.965. The van der Waals surface area contributed by atoms with E-state index in [2.05, 4.69) is 69.5 Å². The summed E-state index contributed by atoms with van der Waals surface area (Å²) in [6, 6.07) is 20.7. The van der Waals surface area contributed by atoms with Crippen molar-refractivity contribution in [2.45, 2.75) is 19.8 Å². The standard InChI is InChI=1S/C19H19Cl.C2H4/c1-15(17-9-5-3-6-10-17)13-19(20)14-16(2)18-11-7-4-8-12-18;1-2/h3-15H,1-2H3;1-2H2/b16-14+,19-13+;. The maximum atomic E-state index is 6.36. The summed E-state index contributed by atoms with van der Waals surface area (Å²) in [5.41, 5.74) is 3.65. The van der Waals surface area contributed by atoms with E-state index in [0.717, 1.165) is 5.03 Å². The minimum absolute atomic E-state index is 0.309. The lowest BCUT2D eigenvalue weighted by atomic mass is 10.0. The van der Waals surface area contributed by atoms with Gasteiger partial charge >= 0.3 is 0 Å². The molecule has 22 heavy (non-hydrogen) atoms. The molecule has 1 heteroatoms. The topological polar surface area (TPSA) is 0 Å². The van der Waals surface area contributed by atoms with Crippen molar-refractivity contribution in [3.63, 3.8) is 0 Å². The normalized spacial score (nSPS) is 13.0. The molecular weight excluding hydrogens is 288 g/mol. The molecule has 1 atom stereocenters. The smallest absolute Gasteiger partial charge is 0.0375 e. The van der Waals surface area contributed by atoms with Crippen LogP contribution in [0.15, 0.2) is 91.0 Å². The fraction of sp³-hybridized carbons (Fsp3) is 0.143. The Bertz CT molecular complexity index is 609. The molecule has 0 saturated heterocycles. The quantitative estimate of drug-likeness (QED) is 0.429. The maximum absolute atomic E-state index is 6.36. The van der Waals surface area contributed by atoms with Crippen LogP contribution in [0, 0.1) is 0 Å². The first-order valence-corrected chi connectivity index (χ1v) is 7.70. The van der Waals surface area contributed by atoms with Gasteiger partial charge in [-0.2, -0.15) is 0 Å². The van der Waals surface area contributed by atoms with Crippen molar-refractivity contribution in [2.75, 3.05) is 0 Å². The van der Waals surface area contributed by atoms with E-state index in [9.17, 15) is 0 Å². The van der Waals surface area contributed by atoms with E-state index < -0.39 is 0 Å². The molecule has 0 nitrogen and oxygen atoms in total. The Labute approximate surface area is 139 Å². The van der Waals surface area contributed by atoms with Crippen molar-refractivity contribution >= 4 is 17.2 Å². The second-order valence-corrected chi connectivity index (χ2v) is 5.38. The monoisotopic (exact) mass is 310 g/mol. The van der Waals surface area contributed by atoms with Crippen LogP contribution < -0.4 is 0 Å². The molecule has 0 saturated carbocycles. The molecule has 0 aliphatic heterocycles.